The summed E-state index contributed by atoms with van der Waals surface area (Å²) in [7, 11) is 1.64. The fraction of sp³-hybridized carbons (Fsp3) is 0.556. The molecule has 27 heavy (non-hydrogen) atoms. The van der Waals surface area contributed by atoms with Gasteiger partial charge in [0.25, 0.3) is 11.6 Å². The summed E-state index contributed by atoms with van der Waals surface area (Å²) in [5.74, 6) is 0.170. The average molecular weight is 396 g/mol. The van der Waals surface area contributed by atoms with E-state index in [2.05, 4.69) is 10.6 Å². The Hall–Kier alpha value is -2.19. The predicted molar refractivity (Wildman–Crippen MR) is 98.6 cm³/mol. The Bertz CT molecular complexity index is 757. The van der Waals surface area contributed by atoms with E-state index in [4.69, 9.17) is 16.3 Å². The molecule has 1 heterocycles. The molecule has 2 N–H and O–H groups in total. The van der Waals surface area contributed by atoms with Crippen LogP contribution in [0.2, 0.25) is 5.02 Å². The quantitative estimate of drug-likeness (QED) is 0.587. The van der Waals surface area contributed by atoms with E-state index in [1.807, 2.05) is 0 Å². The Morgan fingerprint density at radius 2 is 2.22 bits per heavy atom. The first kappa shape index (κ1) is 19.6. The topological polar surface area (TPSA) is 111 Å². The third kappa shape index (κ3) is 4.39. The molecule has 4 unspecified atom stereocenters. The summed E-state index contributed by atoms with van der Waals surface area (Å²) < 4.78 is 5.25. The van der Waals surface area contributed by atoms with Gasteiger partial charge in [-0.05, 0) is 43.2 Å². The summed E-state index contributed by atoms with van der Waals surface area (Å²) in [5.41, 5.74) is -0.104. The number of hydrogen-bond acceptors (Lipinski definition) is 5. The van der Waals surface area contributed by atoms with Crippen molar-refractivity contribution in [1.29, 1.82) is 0 Å². The summed E-state index contributed by atoms with van der Waals surface area (Å²) in [6.45, 7) is 0.556. The number of methoxy groups -OCH3 is 1. The van der Waals surface area contributed by atoms with Crippen molar-refractivity contribution in [1.82, 2.24) is 10.6 Å². The molecule has 0 aromatic heterocycles. The van der Waals surface area contributed by atoms with Crippen LogP contribution in [-0.2, 0) is 9.53 Å². The summed E-state index contributed by atoms with van der Waals surface area (Å²) in [6.07, 6.45) is 2.78. The lowest BCUT2D eigenvalue weighted by Crippen LogP contribution is -2.56. The summed E-state index contributed by atoms with van der Waals surface area (Å²) in [5, 5.41) is 16.9. The molecule has 9 heteroatoms. The normalized spacial score (nSPS) is 27.4. The lowest BCUT2D eigenvalue weighted by molar-refractivity contribution is -0.384. The van der Waals surface area contributed by atoms with Gasteiger partial charge in [-0.15, -0.1) is 0 Å². The van der Waals surface area contributed by atoms with Gasteiger partial charge in [0, 0.05) is 43.9 Å². The maximum Gasteiger partial charge on any atom is 0.288 e. The summed E-state index contributed by atoms with van der Waals surface area (Å²) in [4.78, 5) is 34.8. The van der Waals surface area contributed by atoms with E-state index in [-0.39, 0.29) is 46.1 Å². The van der Waals surface area contributed by atoms with Gasteiger partial charge < -0.3 is 15.4 Å². The SMILES string of the molecule is COCC1CC(=O)NC2CC(NC(=O)c3ccc(Cl)c([N+](=O)[O-])c3)CCC12. The summed E-state index contributed by atoms with van der Waals surface area (Å²) in [6, 6.07) is 3.90. The lowest BCUT2D eigenvalue weighted by Gasteiger charge is -2.43. The number of nitro groups is 1. The molecule has 1 aromatic carbocycles. The van der Waals surface area contributed by atoms with Crippen molar-refractivity contribution in [2.45, 2.75) is 37.8 Å². The molecule has 146 valence electrons. The van der Waals surface area contributed by atoms with Crippen molar-refractivity contribution < 1.29 is 19.2 Å². The van der Waals surface area contributed by atoms with E-state index in [0.29, 0.717) is 25.4 Å². The van der Waals surface area contributed by atoms with Crippen LogP contribution in [0.15, 0.2) is 18.2 Å². The number of nitrogens with one attached hydrogen (secondary N) is 2. The third-order valence-corrected chi connectivity index (χ3v) is 5.74. The monoisotopic (exact) mass is 395 g/mol. The van der Waals surface area contributed by atoms with Crippen LogP contribution in [-0.4, -0.2) is 42.5 Å². The van der Waals surface area contributed by atoms with E-state index in [1.165, 1.54) is 18.2 Å². The molecular formula is C18H22ClN3O5. The van der Waals surface area contributed by atoms with Crippen LogP contribution in [0.5, 0.6) is 0 Å². The van der Waals surface area contributed by atoms with Gasteiger partial charge in [0.1, 0.15) is 5.02 Å². The van der Waals surface area contributed by atoms with E-state index in [0.717, 1.165) is 12.8 Å². The van der Waals surface area contributed by atoms with Crippen molar-refractivity contribution in [2.75, 3.05) is 13.7 Å². The van der Waals surface area contributed by atoms with Crippen molar-refractivity contribution >= 4 is 29.1 Å². The molecule has 0 radical (unpaired) electrons. The van der Waals surface area contributed by atoms with E-state index < -0.39 is 4.92 Å². The number of hydrogen-bond donors (Lipinski definition) is 2. The van der Waals surface area contributed by atoms with Crippen LogP contribution >= 0.6 is 11.6 Å². The minimum atomic E-state index is -0.613. The third-order valence-electron chi connectivity index (χ3n) is 5.42. The molecule has 4 atom stereocenters. The number of amides is 2. The molecule has 0 bridgehead atoms. The molecule has 3 rings (SSSR count). The zero-order valence-corrected chi connectivity index (χ0v) is 15.7. The Labute approximate surface area is 161 Å². The van der Waals surface area contributed by atoms with Gasteiger partial charge in [-0.1, -0.05) is 11.6 Å². The maximum atomic E-state index is 12.5. The van der Waals surface area contributed by atoms with Crippen molar-refractivity contribution in [2.24, 2.45) is 11.8 Å². The Kier molecular flexibility index (Phi) is 5.96. The average Bonchev–Trinajstić information content (AvgIpc) is 2.61. The van der Waals surface area contributed by atoms with Crippen LogP contribution in [0.3, 0.4) is 0 Å². The van der Waals surface area contributed by atoms with Crippen LogP contribution in [0.25, 0.3) is 0 Å². The number of rotatable bonds is 5. The summed E-state index contributed by atoms with van der Waals surface area (Å²) >= 11 is 5.79. The number of nitrogens with zero attached hydrogens (tertiary/aromatic N) is 1. The largest absolute Gasteiger partial charge is 0.384 e. The molecule has 0 spiro atoms. The number of piperidine rings is 1. The van der Waals surface area contributed by atoms with Gasteiger partial charge in [0.05, 0.1) is 4.92 Å². The minimum absolute atomic E-state index is 0.00463. The molecule has 2 fully saturated rings. The molecular weight excluding hydrogens is 374 g/mol. The van der Waals surface area contributed by atoms with E-state index >= 15 is 0 Å². The van der Waals surface area contributed by atoms with Gasteiger partial charge in [0.2, 0.25) is 5.91 Å². The Morgan fingerprint density at radius 1 is 1.44 bits per heavy atom. The minimum Gasteiger partial charge on any atom is -0.384 e. The second-order valence-electron chi connectivity index (χ2n) is 7.16. The lowest BCUT2D eigenvalue weighted by atomic mass is 9.71. The zero-order chi connectivity index (χ0) is 19.6. The van der Waals surface area contributed by atoms with E-state index in [1.54, 1.807) is 7.11 Å². The number of fused-ring (bicyclic) bond motifs is 1. The fourth-order valence-electron chi connectivity index (χ4n) is 4.17. The van der Waals surface area contributed by atoms with Gasteiger partial charge in [-0.3, -0.25) is 19.7 Å². The van der Waals surface area contributed by atoms with Gasteiger partial charge in [-0.2, -0.15) is 0 Å². The molecule has 1 aliphatic carbocycles. The molecule has 2 amide bonds. The molecule has 1 saturated heterocycles. The molecule has 1 aliphatic heterocycles. The number of benzene rings is 1. The highest BCUT2D eigenvalue weighted by Gasteiger charge is 2.41. The Morgan fingerprint density at radius 3 is 2.93 bits per heavy atom. The maximum absolute atomic E-state index is 12.5. The molecule has 8 nitrogen and oxygen atoms in total. The highest BCUT2D eigenvalue weighted by Crippen LogP contribution is 2.35. The van der Waals surface area contributed by atoms with Gasteiger partial charge >= 0.3 is 0 Å². The van der Waals surface area contributed by atoms with Crippen LogP contribution in [0.4, 0.5) is 5.69 Å². The van der Waals surface area contributed by atoms with Gasteiger partial charge in [0.15, 0.2) is 0 Å². The highest BCUT2D eigenvalue weighted by atomic mass is 35.5. The van der Waals surface area contributed by atoms with Gasteiger partial charge in [-0.25, -0.2) is 0 Å². The first-order valence-corrected chi connectivity index (χ1v) is 9.30. The number of nitro benzene ring substituents is 1. The number of carbonyl (C=O) groups is 2. The number of ether oxygens (including phenoxy) is 1. The van der Waals surface area contributed by atoms with E-state index in [9.17, 15) is 19.7 Å². The second-order valence-corrected chi connectivity index (χ2v) is 7.57. The number of halogens is 1. The first-order chi connectivity index (χ1) is 12.9. The first-order valence-electron chi connectivity index (χ1n) is 8.92. The smallest absolute Gasteiger partial charge is 0.288 e. The molecule has 1 aromatic rings. The molecule has 1 saturated carbocycles. The van der Waals surface area contributed by atoms with Crippen molar-refractivity contribution in [3.63, 3.8) is 0 Å². The standard InChI is InChI=1S/C18H22ClN3O5/c1-27-9-11-7-17(23)21-15-8-12(3-4-13(11)15)20-18(24)10-2-5-14(19)16(6-10)22(25)26/h2,5-6,11-13,15H,3-4,7-9H2,1H3,(H,20,24)(H,21,23). The fourth-order valence-corrected chi connectivity index (χ4v) is 4.36. The predicted octanol–water partition coefficient (Wildman–Crippen LogP) is 2.30. The Balaban J connectivity index is 1.65. The highest BCUT2D eigenvalue weighted by molar-refractivity contribution is 6.32. The number of carbonyl (C=O) groups excluding carboxylic acids is 2. The van der Waals surface area contributed by atoms with Crippen LogP contribution in [0.1, 0.15) is 36.0 Å². The van der Waals surface area contributed by atoms with Crippen LogP contribution in [0, 0.1) is 22.0 Å². The molecule has 2 aliphatic rings. The zero-order valence-electron chi connectivity index (χ0n) is 14.9. The van der Waals surface area contributed by atoms with Crippen LogP contribution < -0.4 is 10.6 Å². The van der Waals surface area contributed by atoms with Crippen molar-refractivity contribution in [3.8, 4) is 0 Å². The second kappa shape index (κ2) is 8.22. The van der Waals surface area contributed by atoms with Crippen molar-refractivity contribution in [3.05, 3.63) is 38.9 Å².